The first kappa shape index (κ1) is 12.2. The fraction of sp³-hybridized carbons (Fsp3) is 0.583. The van der Waals surface area contributed by atoms with Crippen LogP contribution in [0, 0.1) is 0 Å². The second-order valence-corrected chi connectivity index (χ2v) is 5.57. The molecule has 2 nitrogen and oxygen atoms in total. The van der Waals surface area contributed by atoms with Crippen molar-refractivity contribution in [3.63, 3.8) is 0 Å². The lowest BCUT2D eigenvalue weighted by molar-refractivity contribution is 0.640. The number of thioether (sulfide) groups is 1. The lowest BCUT2D eigenvalue weighted by Crippen LogP contribution is -2.17. The molecule has 1 aromatic rings. The van der Waals surface area contributed by atoms with E-state index in [0.717, 1.165) is 28.4 Å². The number of pyridine rings is 1. The average molecular weight is 257 g/mol. The highest BCUT2D eigenvalue weighted by Crippen LogP contribution is 2.24. The molecule has 1 fully saturated rings. The molecular formula is C12H17ClN2S. The van der Waals surface area contributed by atoms with Crippen LogP contribution in [0.1, 0.15) is 25.7 Å². The van der Waals surface area contributed by atoms with Crippen molar-refractivity contribution in [2.75, 3.05) is 12.3 Å². The van der Waals surface area contributed by atoms with Gasteiger partial charge in [0.25, 0.3) is 0 Å². The van der Waals surface area contributed by atoms with Gasteiger partial charge in [-0.2, -0.15) is 0 Å². The van der Waals surface area contributed by atoms with Crippen molar-refractivity contribution in [3.05, 3.63) is 23.4 Å². The third-order valence-electron chi connectivity index (χ3n) is 2.54. The highest BCUT2D eigenvalue weighted by molar-refractivity contribution is 7.99. The van der Waals surface area contributed by atoms with Gasteiger partial charge in [0.2, 0.25) is 0 Å². The maximum absolute atomic E-state index is 6.02. The Hall–Kier alpha value is -0.250. The summed E-state index contributed by atoms with van der Waals surface area (Å²) in [5.74, 6) is 1.10. The minimum absolute atomic E-state index is 0.767. The van der Waals surface area contributed by atoms with Crippen LogP contribution < -0.4 is 5.32 Å². The van der Waals surface area contributed by atoms with Crippen LogP contribution in [0.15, 0.2) is 23.4 Å². The zero-order valence-corrected chi connectivity index (χ0v) is 10.9. The largest absolute Gasteiger partial charge is 0.314 e. The maximum Gasteiger partial charge on any atom is 0.115 e. The van der Waals surface area contributed by atoms with Crippen molar-refractivity contribution in [1.29, 1.82) is 0 Å². The van der Waals surface area contributed by atoms with Gasteiger partial charge in [0.05, 0.1) is 5.02 Å². The molecule has 4 heteroatoms. The summed E-state index contributed by atoms with van der Waals surface area (Å²) in [5, 5.41) is 5.24. The molecule has 88 valence electrons. The van der Waals surface area contributed by atoms with Crippen LogP contribution in [0.3, 0.4) is 0 Å². The number of nitrogens with one attached hydrogen (secondary N) is 1. The zero-order valence-electron chi connectivity index (χ0n) is 9.29. The van der Waals surface area contributed by atoms with Gasteiger partial charge in [-0.15, -0.1) is 11.8 Å². The topological polar surface area (TPSA) is 24.9 Å². The molecule has 0 bridgehead atoms. The standard InChI is InChI=1S/C12H17ClN2S/c13-11-4-3-8-15-12(11)16-9-2-1-7-14-10-5-6-10/h3-4,8,10,14H,1-2,5-7,9H2. The van der Waals surface area contributed by atoms with E-state index in [9.17, 15) is 0 Å². The van der Waals surface area contributed by atoms with Crippen LogP contribution in [-0.2, 0) is 0 Å². The number of hydrogen-bond donors (Lipinski definition) is 1. The van der Waals surface area contributed by atoms with Crippen molar-refractivity contribution < 1.29 is 0 Å². The zero-order chi connectivity index (χ0) is 11.2. The van der Waals surface area contributed by atoms with Crippen LogP contribution in [-0.4, -0.2) is 23.3 Å². The summed E-state index contributed by atoms with van der Waals surface area (Å²) in [5.41, 5.74) is 0. The van der Waals surface area contributed by atoms with Crippen molar-refractivity contribution in [3.8, 4) is 0 Å². The Bertz CT molecular complexity index is 329. The lowest BCUT2D eigenvalue weighted by atomic mass is 10.3. The first-order chi connectivity index (χ1) is 7.86. The fourth-order valence-electron chi connectivity index (χ4n) is 1.47. The Balaban J connectivity index is 1.55. The number of aromatic nitrogens is 1. The van der Waals surface area contributed by atoms with E-state index in [0.29, 0.717) is 0 Å². The fourth-order valence-corrected chi connectivity index (χ4v) is 2.64. The monoisotopic (exact) mass is 256 g/mol. The number of unbranched alkanes of at least 4 members (excludes halogenated alkanes) is 1. The van der Waals surface area contributed by atoms with Crippen molar-refractivity contribution in [2.24, 2.45) is 0 Å². The first-order valence-corrected chi connectivity index (χ1v) is 7.19. The van der Waals surface area contributed by atoms with Gasteiger partial charge in [0, 0.05) is 12.2 Å². The minimum Gasteiger partial charge on any atom is -0.314 e. The van der Waals surface area contributed by atoms with Crippen LogP contribution in [0.5, 0.6) is 0 Å². The van der Waals surface area contributed by atoms with E-state index in [1.807, 2.05) is 12.1 Å². The molecule has 0 radical (unpaired) electrons. The molecule has 0 aliphatic heterocycles. The number of halogens is 1. The summed E-state index contributed by atoms with van der Waals surface area (Å²) >= 11 is 7.77. The van der Waals surface area contributed by atoms with Gasteiger partial charge in [-0.3, -0.25) is 0 Å². The normalized spacial score (nSPS) is 15.3. The minimum atomic E-state index is 0.767. The highest BCUT2D eigenvalue weighted by atomic mass is 35.5. The van der Waals surface area contributed by atoms with Gasteiger partial charge < -0.3 is 5.32 Å². The van der Waals surface area contributed by atoms with E-state index in [1.165, 1.54) is 25.7 Å². The first-order valence-electron chi connectivity index (χ1n) is 5.83. The Morgan fingerprint density at radius 3 is 3.06 bits per heavy atom. The summed E-state index contributed by atoms with van der Waals surface area (Å²) in [6, 6.07) is 4.59. The predicted octanol–water partition coefficient (Wildman–Crippen LogP) is 3.36. The third kappa shape index (κ3) is 4.32. The van der Waals surface area contributed by atoms with Crippen LogP contribution in [0.2, 0.25) is 5.02 Å². The van der Waals surface area contributed by atoms with Gasteiger partial charge in [-0.25, -0.2) is 4.98 Å². The Morgan fingerprint density at radius 2 is 2.31 bits per heavy atom. The average Bonchev–Trinajstić information content (AvgIpc) is 3.09. The Kier molecular flexibility index (Phi) is 4.94. The van der Waals surface area contributed by atoms with E-state index < -0.39 is 0 Å². The molecule has 0 aromatic carbocycles. The summed E-state index contributed by atoms with van der Waals surface area (Å²) < 4.78 is 0. The maximum atomic E-state index is 6.02. The van der Waals surface area contributed by atoms with E-state index >= 15 is 0 Å². The molecule has 1 heterocycles. The van der Waals surface area contributed by atoms with E-state index in [-0.39, 0.29) is 0 Å². The number of nitrogens with zero attached hydrogens (tertiary/aromatic N) is 1. The highest BCUT2D eigenvalue weighted by Gasteiger charge is 2.19. The summed E-state index contributed by atoms with van der Waals surface area (Å²) in [7, 11) is 0. The molecule has 16 heavy (non-hydrogen) atoms. The molecule has 0 unspecified atom stereocenters. The van der Waals surface area contributed by atoms with E-state index in [4.69, 9.17) is 11.6 Å². The van der Waals surface area contributed by atoms with Crippen LogP contribution >= 0.6 is 23.4 Å². The molecular weight excluding hydrogens is 240 g/mol. The van der Waals surface area contributed by atoms with Gasteiger partial charge in [0.15, 0.2) is 0 Å². The van der Waals surface area contributed by atoms with E-state index in [1.54, 1.807) is 18.0 Å². The molecule has 1 aromatic heterocycles. The molecule has 0 atom stereocenters. The summed E-state index contributed by atoms with van der Waals surface area (Å²) in [4.78, 5) is 4.25. The second-order valence-electron chi connectivity index (χ2n) is 4.07. The molecule has 1 aliphatic carbocycles. The molecule has 1 N–H and O–H groups in total. The summed E-state index contributed by atoms with van der Waals surface area (Å²) in [6.45, 7) is 1.15. The Morgan fingerprint density at radius 1 is 1.44 bits per heavy atom. The number of rotatable bonds is 7. The van der Waals surface area contributed by atoms with Crippen molar-refractivity contribution in [1.82, 2.24) is 10.3 Å². The van der Waals surface area contributed by atoms with E-state index in [2.05, 4.69) is 10.3 Å². The molecule has 0 amide bonds. The van der Waals surface area contributed by atoms with Crippen molar-refractivity contribution >= 4 is 23.4 Å². The molecule has 0 spiro atoms. The molecule has 1 saturated carbocycles. The molecule has 0 saturated heterocycles. The van der Waals surface area contributed by atoms with Crippen LogP contribution in [0.25, 0.3) is 0 Å². The van der Waals surface area contributed by atoms with Crippen LogP contribution in [0.4, 0.5) is 0 Å². The van der Waals surface area contributed by atoms with Gasteiger partial charge in [-0.05, 0) is 50.1 Å². The van der Waals surface area contributed by atoms with Gasteiger partial charge in [0.1, 0.15) is 5.03 Å². The molecule has 1 aliphatic rings. The number of hydrogen-bond acceptors (Lipinski definition) is 3. The SMILES string of the molecule is Clc1cccnc1SCCCCNC1CC1. The lowest BCUT2D eigenvalue weighted by Gasteiger charge is -2.03. The van der Waals surface area contributed by atoms with Crippen molar-refractivity contribution in [2.45, 2.75) is 36.8 Å². The van der Waals surface area contributed by atoms with Gasteiger partial charge >= 0.3 is 0 Å². The summed E-state index contributed by atoms with van der Waals surface area (Å²) in [6.07, 6.45) is 7.00. The predicted molar refractivity (Wildman–Crippen MR) is 70.2 cm³/mol. The molecule has 2 rings (SSSR count). The smallest absolute Gasteiger partial charge is 0.115 e. The third-order valence-corrected chi connectivity index (χ3v) is 4.05. The van der Waals surface area contributed by atoms with Gasteiger partial charge in [-0.1, -0.05) is 11.6 Å². The Labute approximate surface area is 106 Å². The second kappa shape index (κ2) is 6.48. The quantitative estimate of drug-likeness (QED) is 0.598.